The molecule has 0 saturated carbocycles. The van der Waals surface area contributed by atoms with Crippen LogP contribution in [0, 0.1) is 0 Å². The molecule has 20 aromatic rings. The summed E-state index contributed by atoms with van der Waals surface area (Å²) in [5.74, 6) is 0. The van der Waals surface area contributed by atoms with Crippen LogP contribution in [0.15, 0.2) is 400 Å². The van der Waals surface area contributed by atoms with Crippen molar-refractivity contribution >= 4 is 76.6 Å². The SMILES string of the molecule is CN(C)c1cc(-c2ccc(-c3c(-c4ccc(-c5cc(N(C)C)cc(N(C)C)c5)cc4)c(-c4ccccc4)c4c5cccc6c7c(-c8cccc(-c9ccccc9)c8)c(-c8cccc(-c9ccccc9)c8)c(-c8cccc(-c9ccccc9)c8)c(-c8cccc(-c9ccccc9)c8)c7c7cccc(c4c3-c3ccccc3)c7c56)cc2)cc(N(C)C)c1. The molecule has 0 unspecified atom stereocenters. The number of benzene rings is 20. The molecule has 20 aromatic carbocycles. The summed E-state index contributed by atoms with van der Waals surface area (Å²) in [6, 6.07) is 152. The van der Waals surface area contributed by atoms with Crippen LogP contribution in [-0.4, -0.2) is 56.4 Å². The summed E-state index contributed by atoms with van der Waals surface area (Å²) >= 11 is 0. The second kappa shape index (κ2) is 31.0. The van der Waals surface area contributed by atoms with Crippen LogP contribution in [0.1, 0.15) is 0 Å². The highest BCUT2D eigenvalue weighted by Crippen LogP contribution is 2.61. The first-order chi connectivity index (χ1) is 58.8. The van der Waals surface area contributed by atoms with Crippen molar-refractivity contribution in [2.45, 2.75) is 0 Å². The van der Waals surface area contributed by atoms with Gasteiger partial charge < -0.3 is 19.6 Å². The second-order valence-corrected chi connectivity index (χ2v) is 32.7. The number of rotatable bonds is 18. The Balaban J connectivity index is 1.01. The third kappa shape index (κ3) is 13.2. The van der Waals surface area contributed by atoms with Gasteiger partial charge in [0, 0.05) is 79.1 Å². The Labute approximate surface area is 704 Å². The van der Waals surface area contributed by atoms with E-state index in [4.69, 9.17) is 0 Å². The van der Waals surface area contributed by atoms with Crippen LogP contribution in [0.3, 0.4) is 0 Å². The summed E-state index contributed by atoms with van der Waals surface area (Å²) in [6.45, 7) is 0. The third-order valence-corrected chi connectivity index (χ3v) is 24.5. The van der Waals surface area contributed by atoms with Gasteiger partial charge in [-0.05, 0) is 270 Å². The summed E-state index contributed by atoms with van der Waals surface area (Å²) in [5.41, 5.74) is 36.7. The van der Waals surface area contributed by atoms with E-state index in [-0.39, 0.29) is 0 Å². The van der Waals surface area contributed by atoms with E-state index in [0.717, 1.165) is 156 Å². The van der Waals surface area contributed by atoms with Crippen molar-refractivity contribution in [3.05, 3.63) is 400 Å². The van der Waals surface area contributed by atoms with Crippen molar-refractivity contribution in [1.29, 1.82) is 0 Å². The molecular formula is C116H90N4. The van der Waals surface area contributed by atoms with Crippen molar-refractivity contribution in [2.24, 2.45) is 0 Å². The largest absolute Gasteiger partial charge is 0.378 e. The lowest BCUT2D eigenvalue weighted by Crippen LogP contribution is -2.12. The number of hydrogen-bond acceptors (Lipinski definition) is 4. The summed E-state index contributed by atoms with van der Waals surface area (Å²) in [6.07, 6.45) is 0. The molecule has 0 bridgehead atoms. The van der Waals surface area contributed by atoms with E-state index in [0.29, 0.717) is 0 Å². The van der Waals surface area contributed by atoms with Gasteiger partial charge in [0.2, 0.25) is 0 Å². The van der Waals surface area contributed by atoms with Gasteiger partial charge in [-0.25, -0.2) is 0 Å². The van der Waals surface area contributed by atoms with E-state index in [9.17, 15) is 0 Å². The first kappa shape index (κ1) is 74.0. The van der Waals surface area contributed by atoms with Gasteiger partial charge in [0.25, 0.3) is 0 Å². The Kier molecular flexibility index (Phi) is 19.1. The normalized spacial score (nSPS) is 11.5. The molecule has 4 nitrogen and oxygen atoms in total. The molecule has 120 heavy (non-hydrogen) atoms. The molecule has 0 atom stereocenters. The van der Waals surface area contributed by atoms with Gasteiger partial charge in [-0.2, -0.15) is 0 Å². The van der Waals surface area contributed by atoms with E-state index in [2.05, 4.69) is 476 Å². The second-order valence-electron chi connectivity index (χ2n) is 32.7. The highest BCUT2D eigenvalue weighted by atomic mass is 15.1. The fraction of sp³-hybridized carbons (Fsp3) is 0.0690. The Morgan fingerprint density at radius 1 is 0.117 bits per heavy atom. The lowest BCUT2D eigenvalue weighted by molar-refractivity contribution is 1.10. The first-order valence-electron chi connectivity index (χ1n) is 41.6. The summed E-state index contributed by atoms with van der Waals surface area (Å²) in [7, 11) is 17.0. The molecule has 0 amide bonds. The number of anilines is 4. The van der Waals surface area contributed by atoms with Gasteiger partial charge in [0.05, 0.1) is 0 Å². The minimum atomic E-state index is 1.12. The predicted octanol–water partition coefficient (Wildman–Crippen LogP) is 30.5. The van der Waals surface area contributed by atoms with Gasteiger partial charge in [-0.1, -0.05) is 340 Å². The molecule has 20 rings (SSSR count). The highest BCUT2D eigenvalue weighted by Gasteiger charge is 2.33. The average molecular weight is 1540 g/mol. The first-order valence-corrected chi connectivity index (χ1v) is 41.6. The van der Waals surface area contributed by atoms with Gasteiger partial charge in [-0.3, -0.25) is 0 Å². The zero-order valence-electron chi connectivity index (χ0n) is 68.9. The summed E-state index contributed by atoms with van der Waals surface area (Å²) in [4.78, 5) is 8.82. The Morgan fingerprint density at radius 2 is 0.292 bits per heavy atom. The number of hydrogen-bond donors (Lipinski definition) is 0. The van der Waals surface area contributed by atoms with E-state index in [1.54, 1.807) is 0 Å². The van der Waals surface area contributed by atoms with Crippen molar-refractivity contribution in [2.75, 3.05) is 76.0 Å². The minimum Gasteiger partial charge on any atom is -0.378 e. The molecule has 0 aliphatic heterocycles. The fourth-order valence-electron chi connectivity index (χ4n) is 18.7. The molecule has 0 aromatic heterocycles. The third-order valence-electron chi connectivity index (χ3n) is 24.5. The van der Waals surface area contributed by atoms with Crippen LogP contribution in [-0.2, 0) is 0 Å². The topological polar surface area (TPSA) is 13.0 Å². The van der Waals surface area contributed by atoms with Crippen LogP contribution in [0.25, 0.3) is 210 Å². The van der Waals surface area contributed by atoms with Crippen LogP contribution in [0.2, 0.25) is 0 Å². The maximum atomic E-state index is 2.47. The standard InChI is InChI=1S/C116H90N4/c1-117(2)95-69-93(70-96(73-95)118(3)4)79-57-61-83(62-58-79)103-104(84-63-59-80(60-64-84)94-71-97(119(5)6)74-98(72-94)120(7)8)106(82-43-25-14-26-44-82)114-100-54-32-56-102-112(100)111-99(113(114)105(103)81-41-23-13-24-42-81)53-31-55-101(111)115-109(91-51-29-47-87(67-91)77-37-19-11-20-38-77)107(89-49-27-45-85(65-89)75-33-15-9-16-34-75)108(90-50-28-46-86(66-90)76-35-17-10-18-36-76)110(116(102)115)92-52-30-48-88(68-92)78-39-21-12-22-40-78/h9-74H,1-8H3. The zero-order chi connectivity index (χ0) is 81.2. The molecular weight excluding hydrogens is 1450 g/mol. The van der Waals surface area contributed by atoms with E-state index < -0.39 is 0 Å². The molecule has 0 aliphatic rings. The Bertz CT molecular complexity index is 6770. The molecule has 0 fully saturated rings. The molecule has 0 aliphatic carbocycles. The smallest absolute Gasteiger partial charge is 0.0388 e. The minimum absolute atomic E-state index is 1.12. The maximum Gasteiger partial charge on any atom is 0.0388 e. The number of fused-ring (bicyclic) bond motifs is 6. The maximum absolute atomic E-state index is 2.47. The monoisotopic (exact) mass is 1540 g/mol. The summed E-state index contributed by atoms with van der Waals surface area (Å²) in [5, 5.41) is 11.9. The molecule has 0 saturated heterocycles. The lowest BCUT2D eigenvalue weighted by Gasteiger charge is -2.30. The molecule has 0 radical (unpaired) electrons. The van der Waals surface area contributed by atoms with E-state index >= 15 is 0 Å². The summed E-state index contributed by atoms with van der Waals surface area (Å²) < 4.78 is 0. The van der Waals surface area contributed by atoms with Crippen LogP contribution < -0.4 is 19.6 Å². The van der Waals surface area contributed by atoms with Crippen LogP contribution >= 0.6 is 0 Å². The van der Waals surface area contributed by atoms with Crippen LogP contribution in [0.4, 0.5) is 22.7 Å². The molecule has 4 heteroatoms. The molecule has 574 valence electrons. The van der Waals surface area contributed by atoms with Crippen molar-refractivity contribution in [3.63, 3.8) is 0 Å². The van der Waals surface area contributed by atoms with Crippen molar-refractivity contribution in [1.82, 2.24) is 0 Å². The number of nitrogens with zero attached hydrogens (tertiary/aromatic N) is 4. The molecule has 0 N–H and O–H groups in total. The molecule has 0 spiro atoms. The highest BCUT2D eigenvalue weighted by molar-refractivity contribution is 6.46. The zero-order valence-corrected chi connectivity index (χ0v) is 68.9. The lowest BCUT2D eigenvalue weighted by atomic mass is 9.73. The van der Waals surface area contributed by atoms with Gasteiger partial charge in [0.15, 0.2) is 0 Å². The Hall–Kier alpha value is -14.8. The van der Waals surface area contributed by atoms with Crippen LogP contribution in [0.5, 0.6) is 0 Å². The van der Waals surface area contributed by atoms with E-state index in [1.807, 2.05) is 0 Å². The quantitative estimate of drug-likeness (QED) is 0.0627. The molecule has 0 heterocycles. The van der Waals surface area contributed by atoms with Crippen molar-refractivity contribution < 1.29 is 0 Å². The predicted molar refractivity (Wildman–Crippen MR) is 519 cm³/mol. The van der Waals surface area contributed by atoms with E-state index in [1.165, 1.54) is 76.1 Å². The van der Waals surface area contributed by atoms with Gasteiger partial charge in [-0.15, -0.1) is 0 Å². The Morgan fingerprint density at radius 3 is 0.542 bits per heavy atom. The van der Waals surface area contributed by atoms with Gasteiger partial charge >= 0.3 is 0 Å². The fourth-order valence-corrected chi connectivity index (χ4v) is 18.7. The average Bonchev–Trinajstić information content (AvgIpc) is 0.671. The van der Waals surface area contributed by atoms with Crippen molar-refractivity contribution in [3.8, 4) is 156 Å². The van der Waals surface area contributed by atoms with Gasteiger partial charge in [0.1, 0.15) is 0 Å².